The van der Waals surface area contributed by atoms with E-state index < -0.39 is 11.5 Å². The second kappa shape index (κ2) is 5.61. The monoisotopic (exact) mass is 273 g/mol. The van der Waals surface area contributed by atoms with Crippen LogP contribution in [0.4, 0.5) is 0 Å². The zero-order valence-corrected chi connectivity index (χ0v) is 11.3. The lowest BCUT2D eigenvalue weighted by molar-refractivity contribution is 0.0693. The third kappa shape index (κ3) is 2.56. The average Bonchev–Trinajstić information content (AvgIpc) is 2.40. The number of carbonyl (C=O) groups is 1. The van der Waals surface area contributed by atoms with E-state index >= 15 is 0 Å². The molecule has 1 N–H and O–H groups in total. The highest BCUT2D eigenvalue weighted by Gasteiger charge is 2.14. The van der Waals surface area contributed by atoms with E-state index in [0.29, 0.717) is 23.6 Å². The highest BCUT2D eigenvalue weighted by Crippen LogP contribution is 2.15. The maximum absolute atomic E-state index is 12.2. The summed E-state index contributed by atoms with van der Waals surface area (Å²) in [5, 5.41) is 9.10. The van der Waals surface area contributed by atoms with Gasteiger partial charge in [-0.25, -0.2) is 4.79 Å². The van der Waals surface area contributed by atoms with Crippen molar-refractivity contribution in [1.29, 1.82) is 0 Å². The molecule has 0 saturated heterocycles. The van der Waals surface area contributed by atoms with Crippen molar-refractivity contribution >= 4 is 5.97 Å². The smallest absolute Gasteiger partial charge is 0.341 e. The summed E-state index contributed by atoms with van der Waals surface area (Å²) in [6.07, 6.45) is 1.57. The van der Waals surface area contributed by atoms with Gasteiger partial charge in [-0.1, -0.05) is 0 Å². The molecule has 5 nitrogen and oxygen atoms in total. The van der Waals surface area contributed by atoms with E-state index in [4.69, 9.17) is 9.84 Å². The number of carboxylic acids is 1. The Morgan fingerprint density at radius 3 is 2.45 bits per heavy atom. The standard InChI is InChI=1S/C15H15NO4/c1-3-20-12-6-4-11(5-7-12)16-9-8-10(2)13(14(16)17)15(18)19/h4-9H,3H2,1-2H3,(H,18,19). The first-order chi connectivity index (χ1) is 9.54. The predicted molar refractivity (Wildman–Crippen MR) is 74.9 cm³/mol. The minimum absolute atomic E-state index is 0.207. The van der Waals surface area contributed by atoms with Crippen LogP contribution in [0.25, 0.3) is 5.69 Å². The minimum Gasteiger partial charge on any atom is -0.494 e. The van der Waals surface area contributed by atoms with Gasteiger partial charge in [0, 0.05) is 11.9 Å². The highest BCUT2D eigenvalue weighted by molar-refractivity contribution is 5.88. The zero-order valence-electron chi connectivity index (χ0n) is 11.3. The second-order valence-corrected chi connectivity index (χ2v) is 4.28. The number of aromatic carboxylic acids is 1. The van der Waals surface area contributed by atoms with Crippen molar-refractivity contribution in [3.8, 4) is 11.4 Å². The Hall–Kier alpha value is -2.56. The molecule has 1 aromatic heterocycles. The normalized spacial score (nSPS) is 10.3. The van der Waals surface area contributed by atoms with Crippen LogP contribution in [-0.2, 0) is 0 Å². The Balaban J connectivity index is 2.51. The van der Waals surface area contributed by atoms with Crippen molar-refractivity contribution in [2.24, 2.45) is 0 Å². The molecule has 2 rings (SSSR count). The Morgan fingerprint density at radius 2 is 1.90 bits per heavy atom. The molecule has 0 spiro atoms. The third-order valence-electron chi connectivity index (χ3n) is 2.94. The fraction of sp³-hybridized carbons (Fsp3) is 0.200. The minimum atomic E-state index is -1.22. The topological polar surface area (TPSA) is 68.5 Å². The molecule has 1 aromatic carbocycles. The van der Waals surface area contributed by atoms with Gasteiger partial charge in [-0.3, -0.25) is 9.36 Å². The number of rotatable bonds is 4. The first-order valence-corrected chi connectivity index (χ1v) is 6.23. The van der Waals surface area contributed by atoms with Gasteiger partial charge in [0.05, 0.1) is 6.61 Å². The lowest BCUT2D eigenvalue weighted by atomic mass is 10.1. The SMILES string of the molecule is CCOc1ccc(-n2ccc(C)c(C(=O)O)c2=O)cc1. The van der Waals surface area contributed by atoms with Gasteiger partial charge in [-0.2, -0.15) is 0 Å². The second-order valence-electron chi connectivity index (χ2n) is 4.28. The van der Waals surface area contributed by atoms with Crippen LogP contribution in [0.1, 0.15) is 22.8 Å². The number of hydrogen-bond acceptors (Lipinski definition) is 3. The van der Waals surface area contributed by atoms with Crippen LogP contribution >= 0.6 is 0 Å². The fourth-order valence-corrected chi connectivity index (χ4v) is 1.96. The summed E-state index contributed by atoms with van der Waals surface area (Å²) >= 11 is 0. The van der Waals surface area contributed by atoms with Crippen LogP contribution in [0.2, 0.25) is 0 Å². The first-order valence-electron chi connectivity index (χ1n) is 6.23. The van der Waals surface area contributed by atoms with Gasteiger partial charge in [-0.05, 0) is 49.7 Å². The van der Waals surface area contributed by atoms with Crippen LogP contribution in [-0.4, -0.2) is 22.2 Å². The van der Waals surface area contributed by atoms with E-state index in [1.165, 1.54) is 4.57 Å². The molecule has 0 aliphatic heterocycles. The molecule has 0 aliphatic carbocycles. The van der Waals surface area contributed by atoms with E-state index in [-0.39, 0.29) is 5.56 Å². The molecule has 2 aromatic rings. The van der Waals surface area contributed by atoms with Crippen molar-refractivity contribution in [1.82, 2.24) is 4.57 Å². The quantitative estimate of drug-likeness (QED) is 0.927. The molecule has 0 unspecified atom stereocenters. The summed E-state index contributed by atoms with van der Waals surface area (Å²) in [5.74, 6) is -0.511. The molecule has 1 heterocycles. The fourth-order valence-electron chi connectivity index (χ4n) is 1.96. The summed E-state index contributed by atoms with van der Waals surface area (Å²) in [6, 6.07) is 8.53. The van der Waals surface area contributed by atoms with E-state index in [9.17, 15) is 9.59 Å². The van der Waals surface area contributed by atoms with Crippen molar-refractivity contribution in [3.05, 3.63) is 58.0 Å². The molecule has 0 aliphatic rings. The number of carboxylic acid groups (broad SMARTS) is 1. The third-order valence-corrected chi connectivity index (χ3v) is 2.94. The molecular weight excluding hydrogens is 258 g/mol. The number of aryl methyl sites for hydroxylation is 1. The number of nitrogens with zero attached hydrogens (tertiary/aromatic N) is 1. The molecule has 0 amide bonds. The van der Waals surface area contributed by atoms with Crippen molar-refractivity contribution in [3.63, 3.8) is 0 Å². The number of aromatic nitrogens is 1. The Bertz CT molecular complexity index is 686. The number of ether oxygens (including phenoxy) is 1. The van der Waals surface area contributed by atoms with Gasteiger partial charge in [0.15, 0.2) is 0 Å². The van der Waals surface area contributed by atoms with Crippen LogP contribution in [0.5, 0.6) is 5.75 Å². The number of pyridine rings is 1. The van der Waals surface area contributed by atoms with Gasteiger partial charge in [0.1, 0.15) is 11.3 Å². The van der Waals surface area contributed by atoms with E-state index in [1.54, 1.807) is 43.5 Å². The van der Waals surface area contributed by atoms with E-state index in [1.807, 2.05) is 6.92 Å². The highest BCUT2D eigenvalue weighted by atomic mass is 16.5. The summed E-state index contributed by atoms with van der Waals surface area (Å²) < 4.78 is 6.64. The van der Waals surface area contributed by atoms with Crippen LogP contribution in [0.3, 0.4) is 0 Å². The van der Waals surface area contributed by atoms with E-state index in [0.717, 1.165) is 0 Å². The van der Waals surface area contributed by atoms with Gasteiger partial charge in [0.25, 0.3) is 5.56 Å². The number of hydrogen-bond donors (Lipinski definition) is 1. The summed E-state index contributed by atoms with van der Waals surface area (Å²) in [7, 11) is 0. The maximum atomic E-state index is 12.2. The first kappa shape index (κ1) is 13.9. The molecule has 0 bridgehead atoms. The van der Waals surface area contributed by atoms with E-state index in [2.05, 4.69) is 0 Å². The Kier molecular flexibility index (Phi) is 3.89. The van der Waals surface area contributed by atoms with Crippen LogP contribution in [0, 0.1) is 6.92 Å². The summed E-state index contributed by atoms with van der Waals surface area (Å²) in [6.45, 7) is 4.05. The van der Waals surface area contributed by atoms with Gasteiger partial charge in [-0.15, -0.1) is 0 Å². The van der Waals surface area contributed by atoms with Crippen LogP contribution < -0.4 is 10.3 Å². The molecule has 0 radical (unpaired) electrons. The van der Waals surface area contributed by atoms with Crippen molar-refractivity contribution in [2.75, 3.05) is 6.61 Å². The lowest BCUT2D eigenvalue weighted by Gasteiger charge is -2.09. The largest absolute Gasteiger partial charge is 0.494 e. The van der Waals surface area contributed by atoms with Crippen molar-refractivity contribution in [2.45, 2.75) is 13.8 Å². The molecule has 104 valence electrons. The molecule has 0 saturated carbocycles. The zero-order chi connectivity index (χ0) is 14.7. The Labute approximate surface area is 116 Å². The predicted octanol–water partition coefficient (Wildman–Crippen LogP) is 2.24. The maximum Gasteiger partial charge on any atom is 0.341 e. The average molecular weight is 273 g/mol. The Morgan fingerprint density at radius 1 is 1.25 bits per heavy atom. The van der Waals surface area contributed by atoms with Gasteiger partial charge in [0.2, 0.25) is 0 Å². The molecule has 5 heteroatoms. The molecule has 20 heavy (non-hydrogen) atoms. The van der Waals surface area contributed by atoms with Crippen molar-refractivity contribution < 1.29 is 14.6 Å². The number of benzene rings is 1. The summed E-state index contributed by atoms with van der Waals surface area (Å²) in [4.78, 5) is 23.3. The van der Waals surface area contributed by atoms with Gasteiger partial charge >= 0.3 is 5.97 Å². The molecular formula is C15H15NO4. The van der Waals surface area contributed by atoms with Crippen LogP contribution in [0.15, 0.2) is 41.3 Å². The van der Waals surface area contributed by atoms with Gasteiger partial charge < -0.3 is 9.84 Å². The molecule has 0 atom stereocenters. The molecule has 0 fully saturated rings. The summed E-state index contributed by atoms with van der Waals surface area (Å²) in [5.41, 5.74) is 0.300. The lowest BCUT2D eigenvalue weighted by Crippen LogP contribution is -2.25.